The second kappa shape index (κ2) is 10.0. The zero-order valence-corrected chi connectivity index (χ0v) is 18.3. The predicted molar refractivity (Wildman–Crippen MR) is 119 cm³/mol. The second-order valence-corrected chi connectivity index (χ2v) is 8.38. The summed E-state index contributed by atoms with van der Waals surface area (Å²) in [5.74, 6) is -1.33. The molecule has 0 radical (unpaired) electrons. The number of carboxylic acid groups (broad SMARTS) is 1. The highest BCUT2D eigenvalue weighted by atomic mass is 19.2. The van der Waals surface area contributed by atoms with Crippen LogP contribution in [-0.2, 0) is 24.4 Å². The summed E-state index contributed by atoms with van der Waals surface area (Å²) in [6, 6.07) is 11.2. The first kappa shape index (κ1) is 22.8. The fraction of sp³-hybridized carbons (Fsp3) is 0.320. The first-order chi connectivity index (χ1) is 15.9. The summed E-state index contributed by atoms with van der Waals surface area (Å²) in [6.07, 6.45) is 2.78. The molecule has 33 heavy (non-hydrogen) atoms. The van der Waals surface area contributed by atoms with E-state index in [1.54, 1.807) is 12.1 Å². The monoisotopic (exact) mass is 453 g/mol. The third-order valence-electron chi connectivity index (χ3n) is 5.64. The molecule has 1 unspecified atom stereocenters. The molecule has 0 amide bonds. The van der Waals surface area contributed by atoms with E-state index in [4.69, 9.17) is 14.8 Å². The summed E-state index contributed by atoms with van der Waals surface area (Å²) in [5.41, 5.74) is 3.05. The van der Waals surface area contributed by atoms with Crippen molar-refractivity contribution in [1.82, 2.24) is 14.9 Å². The van der Waals surface area contributed by atoms with Crippen LogP contribution in [0, 0.1) is 17.6 Å². The number of halogens is 2. The summed E-state index contributed by atoms with van der Waals surface area (Å²) in [5, 5.41) is 8.96. The number of ether oxygens (including phenoxy) is 1. The highest BCUT2D eigenvalue weighted by molar-refractivity contribution is 5.67. The number of rotatable bonds is 8. The van der Waals surface area contributed by atoms with Gasteiger partial charge in [0.25, 0.3) is 0 Å². The normalized spacial score (nSPS) is 14.5. The Balaban J connectivity index is 1.38. The molecule has 1 N–H and O–H groups in total. The number of hydrogen-bond donors (Lipinski definition) is 1. The molecule has 0 bridgehead atoms. The van der Waals surface area contributed by atoms with Crippen molar-refractivity contribution in [3.63, 3.8) is 0 Å². The highest BCUT2D eigenvalue weighted by Crippen LogP contribution is 2.24. The molecule has 4 rings (SSSR count). The maximum atomic E-state index is 13.8. The Kier molecular flexibility index (Phi) is 6.93. The van der Waals surface area contributed by atoms with E-state index in [0.29, 0.717) is 18.1 Å². The van der Waals surface area contributed by atoms with E-state index >= 15 is 0 Å². The summed E-state index contributed by atoms with van der Waals surface area (Å²) in [6.45, 7) is 4.15. The summed E-state index contributed by atoms with van der Waals surface area (Å²) in [7, 11) is 0. The molecule has 8 heteroatoms. The van der Waals surface area contributed by atoms with Crippen LogP contribution in [0.3, 0.4) is 0 Å². The average molecular weight is 453 g/mol. The van der Waals surface area contributed by atoms with Crippen LogP contribution < -0.4 is 4.74 Å². The van der Waals surface area contributed by atoms with Gasteiger partial charge in [-0.05, 0) is 36.2 Å². The fourth-order valence-electron chi connectivity index (χ4n) is 3.99. The Morgan fingerprint density at radius 2 is 2.00 bits per heavy atom. The summed E-state index contributed by atoms with van der Waals surface area (Å²) in [4.78, 5) is 22.4. The van der Waals surface area contributed by atoms with Crippen molar-refractivity contribution in [1.29, 1.82) is 0 Å². The molecule has 1 aromatic heterocycles. The van der Waals surface area contributed by atoms with Gasteiger partial charge in [-0.2, -0.15) is 0 Å². The van der Waals surface area contributed by atoms with Crippen LogP contribution in [0.25, 0.3) is 11.4 Å². The predicted octanol–water partition coefficient (Wildman–Crippen LogP) is 4.47. The quantitative estimate of drug-likeness (QED) is 0.543. The molecule has 0 saturated heterocycles. The topological polar surface area (TPSA) is 75.5 Å². The van der Waals surface area contributed by atoms with Gasteiger partial charge in [-0.25, -0.2) is 18.7 Å². The molecule has 0 fully saturated rings. The van der Waals surface area contributed by atoms with Crippen LogP contribution in [0.1, 0.15) is 30.2 Å². The standard InChI is InChI=1S/C25H25F2N3O3/c1-16(11-23(31)32)13-30-10-9-22-19(14-30)12-28-25(29-22)17-5-7-20(8-6-17)33-15-18-3-2-4-21(26)24(18)27/h2-8,12,16H,9-11,13-15H2,1H3,(H,31,32). The number of carboxylic acids is 1. The minimum atomic E-state index is -0.897. The zero-order valence-electron chi connectivity index (χ0n) is 18.3. The second-order valence-electron chi connectivity index (χ2n) is 8.38. The molecular weight excluding hydrogens is 428 g/mol. The lowest BCUT2D eigenvalue weighted by molar-refractivity contribution is -0.138. The van der Waals surface area contributed by atoms with E-state index < -0.39 is 17.6 Å². The lowest BCUT2D eigenvalue weighted by atomic mass is 10.0. The number of carbonyl (C=O) groups is 1. The van der Waals surface area contributed by atoms with Gasteiger partial charge in [0, 0.05) is 55.4 Å². The summed E-state index contributed by atoms with van der Waals surface area (Å²) < 4.78 is 32.7. The Bertz CT molecular complexity index is 1140. The molecule has 0 aliphatic carbocycles. The minimum absolute atomic E-state index is 0.0696. The van der Waals surface area contributed by atoms with Crippen molar-refractivity contribution in [3.05, 3.63) is 77.1 Å². The number of benzene rings is 2. The molecule has 1 aliphatic rings. The van der Waals surface area contributed by atoms with Gasteiger partial charge in [0.15, 0.2) is 17.5 Å². The lowest BCUT2D eigenvalue weighted by Crippen LogP contribution is -2.35. The van der Waals surface area contributed by atoms with E-state index in [9.17, 15) is 13.6 Å². The third-order valence-corrected chi connectivity index (χ3v) is 5.64. The van der Waals surface area contributed by atoms with E-state index in [1.165, 1.54) is 12.1 Å². The van der Waals surface area contributed by atoms with Gasteiger partial charge in [0.1, 0.15) is 12.4 Å². The van der Waals surface area contributed by atoms with Crippen LogP contribution in [0.15, 0.2) is 48.7 Å². The number of aromatic nitrogens is 2. The molecule has 6 nitrogen and oxygen atoms in total. The van der Waals surface area contributed by atoms with Crippen LogP contribution >= 0.6 is 0 Å². The molecule has 172 valence electrons. The van der Waals surface area contributed by atoms with Gasteiger partial charge in [-0.3, -0.25) is 9.69 Å². The first-order valence-electron chi connectivity index (χ1n) is 10.8. The average Bonchev–Trinajstić information content (AvgIpc) is 2.79. The number of aliphatic carboxylic acids is 1. The van der Waals surface area contributed by atoms with Crippen LogP contribution in [0.5, 0.6) is 5.75 Å². The van der Waals surface area contributed by atoms with E-state index in [2.05, 4.69) is 9.88 Å². The smallest absolute Gasteiger partial charge is 0.303 e. The molecule has 1 atom stereocenters. The Morgan fingerprint density at radius 1 is 1.21 bits per heavy atom. The molecule has 1 aliphatic heterocycles. The highest BCUT2D eigenvalue weighted by Gasteiger charge is 2.21. The SMILES string of the molecule is CC(CC(=O)O)CN1CCc2nc(-c3ccc(OCc4cccc(F)c4F)cc3)ncc2C1. The molecule has 2 aromatic carbocycles. The fourth-order valence-corrected chi connectivity index (χ4v) is 3.99. The van der Waals surface area contributed by atoms with Gasteiger partial charge < -0.3 is 9.84 Å². The Labute approximate surface area is 190 Å². The molecule has 2 heterocycles. The number of fused-ring (bicyclic) bond motifs is 1. The maximum absolute atomic E-state index is 13.8. The largest absolute Gasteiger partial charge is 0.489 e. The number of nitrogens with zero attached hydrogens (tertiary/aromatic N) is 3. The molecular formula is C25H25F2N3O3. The van der Waals surface area contributed by atoms with Crippen molar-refractivity contribution in [2.24, 2.45) is 5.92 Å². The lowest BCUT2D eigenvalue weighted by Gasteiger charge is -2.29. The first-order valence-corrected chi connectivity index (χ1v) is 10.8. The van der Waals surface area contributed by atoms with Crippen molar-refractivity contribution in [2.75, 3.05) is 13.1 Å². The van der Waals surface area contributed by atoms with Gasteiger partial charge in [0.2, 0.25) is 0 Å². The van der Waals surface area contributed by atoms with Crippen LogP contribution in [-0.4, -0.2) is 39.0 Å². The number of hydrogen-bond acceptors (Lipinski definition) is 5. The maximum Gasteiger partial charge on any atom is 0.303 e. The van der Waals surface area contributed by atoms with Crippen molar-refractivity contribution in [2.45, 2.75) is 32.9 Å². The van der Waals surface area contributed by atoms with E-state index in [0.717, 1.165) is 42.4 Å². The molecule has 3 aromatic rings. The molecule has 0 saturated carbocycles. The van der Waals surface area contributed by atoms with Gasteiger partial charge in [-0.1, -0.05) is 19.1 Å². The summed E-state index contributed by atoms with van der Waals surface area (Å²) >= 11 is 0. The van der Waals surface area contributed by atoms with Crippen LogP contribution in [0.4, 0.5) is 8.78 Å². The zero-order chi connectivity index (χ0) is 23.4. The van der Waals surface area contributed by atoms with Crippen molar-refractivity contribution >= 4 is 5.97 Å². The van der Waals surface area contributed by atoms with Crippen LogP contribution in [0.2, 0.25) is 0 Å². The molecule has 0 spiro atoms. The van der Waals surface area contributed by atoms with Gasteiger partial charge in [0.05, 0.1) is 5.69 Å². The van der Waals surface area contributed by atoms with E-state index in [-0.39, 0.29) is 24.5 Å². The van der Waals surface area contributed by atoms with Crippen molar-refractivity contribution in [3.8, 4) is 17.1 Å². The van der Waals surface area contributed by atoms with Gasteiger partial charge >= 0.3 is 5.97 Å². The Morgan fingerprint density at radius 3 is 2.76 bits per heavy atom. The van der Waals surface area contributed by atoms with Crippen molar-refractivity contribution < 1.29 is 23.4 Å². The van der Waals surface area contributed by atoms with E-state index in [1.807, 2.05) is 25.3 Å². The Hall–Kier alpha value is -3.39. The minimum Gasteiger partial charge on any atom is -0.489 e. The van der Waals surface area contributed by atoms with Gasteiger partial charge in [-0.15, -0.1) is 0 Å². The third kappa shape index (κ3) is 5.70.